The summed E-state index contributed by atoms with van der Waals surface area (Å²) < 4.78 is 36.7. The molecule has 1 aromatic heterocycles. The summed E-state index contributed by atoms with van der Waals surface area (Å²) in [6, 6.07) is 0. The summed E-state index contributed by atoms with van der Waals surface area (Å²) >= 11 is 0. The van der Waals surface area contributed by atoms with Crippen LogP contribution >= 0.6 is 0 Å². The van der Waals surface area contributed by atoms with Gasteiger partial charge in [0.05, 0.1) is 23.0 Å². The Morgan fingerprint density at radius 2 is 2.00 bits per heavy atom. The predicted octanol–water partition coefficient (Wildman–Crippen LogP) is 1.38. The second-order valence-corrected chi connectivity index (χ2v) is 2.45. The van der Waals surface area contributed by atoms with E-state index in [2.05, 4.69) is 4.98 Å². The molecule has 76 valence electrons. The minimum Gasteiger partial charge on any atom is -0.478 e. The molecule has 1 heterocycles. The number of halogens is 3. The Hall–Kier alpha value is -1.79. The average Bonchev–Trinajstić information content (AvgIpc) is 2.01. The number of pyridine rings is 1. The van der Waals surface area contributed by atoms with Gasteiger partial charge in [-0.15, -0.1) is 0 Å². The number of hydrogen-bond acceptors (Lipinski definition) is 3. The van der Waals surface area contributed by atoms with Crippen LogP contribution in [0.1, 0.15) is 15.9 Å². The first kappa shape index (κ1) is 10.3. The molecule has 4 nitrogen and oxygen atoms in total. The van der Waals surface area contributed by atoms with Crippen LogP contribution in [-0.4, -0.2) is 16.1 Å². The summed E-state index contributed by atoms with van der Waals surface area (Å²) in [5.41, 5.74) is 2.26. The van der Waals surface area contributed by atoms with Crippen LogP contribution in [0.5, 0.6) is 0 Å². The number of alkyl halides is 3. The van der Waals surface area contributed by atoms with Gasteiger partial charge in [-0.05, 0) is 0 Å². The highest BCUT2D eigenvalue weighted by molar-refractivity contribution is 5.95. The Kier molecular flexibility index (Phi) is 2.33. The van der Waals surface area contributed by atoms with E-state index in [0.717, 1.165) is 6.20 Å². The number of carboxylic acid groups (broad SMARTS) is 1. The number of nitrogens with zero attached hydrogens (tertiary/aromatic N) is 1. The quantitative estimate of drug-likeness (QED) is 0.727. The van der Waals surface area contributed by atoms with Crippen LogP contribution in [0.4, 0.5) is 18.9 Å². The third-order valence-electron chi connectivity index (χ3n) is 1.49. The van der Waals surface area contributed by atoms with Gasteiger partial charge < -0.3 is 10.8 Å². The molecular weight excluding hydrogens is 201 g/mol. The van der Waals surface area contributed by atoms with Crippen LogP contribution in [0.2, 0.25) is 0 Å². The number of nitrogen functional groups attached to an aromatic ring is 1. The molecule has 14 heavy (non-hydrogen) atoms. The Labute approximate surface area is 76.2 Å². The van der Waals surface area contributed by atoms with Gasteiger partial charge in [-0.1, -0.05) is 0 Å². The van der Waals surface area contributed by atoms with E-state index in [4.69, 9.17) is 10.8 Å². The van der Waals surface area contributed by atoms with Crippen molar-refractivity contribution < 1.29 is 23.1 Å². The molecule has 1 rings (SSSR count). The molecule has 0 aliphatic carbocycles. The van der Waals surface area contributed by atoms with Gasteiger partial charge in [0, 0.05) is 6.20 Å². The van der Waals surface area contributed by atoms with Crippen LogP contribution in [0, 0.1) is 0 Å². The monoisotopic (exact) mass is 206 g/mol. The molecule has 0 atom stereocenters. The van der Waals surface area contributed by atoms with E-state index >= 15 is 0 Å². The van der Waals surface area contributed by atoms with Crippen molar-refractivity contribution in [1.82, 2.24) is 4.98 Å². The summed E-state index contributed by atoms with van der Waals surface area (Å²) in [5.74, 6) is -1.72. The van der Waals surface area contributed by atoms with Crippen LogP contribution < -0.4 is 5.73 Å². The van der Waals surface area contributed by atoms with Gasteiger partial charge in [-0.3, -0.25) is 4.98 Å². The zero-order valence-corrected chi connectivity index (χ0v) is 6.67. The molecule has 7 heteroatoms. The molecule has 0 aromatic carbocycles. The maximum Gasteiger partial charge on any atom is 0.418 e. The standard InChI is InChI=1S/C7H5F3N2O2/c8-7(9,10)3-1-12-2-4(11)5(3)6(13)14/h1-2H,11H2,(H,13,14). The topological polar surface area (TPSA) is 76.2 Å². The largest absolute Gasteiger partial charge is 0.478 e. The first-order valence-electron chi connectivity index (χ1n) is 3.38. The van der Waals surface area contributed by atoms with E-state index in [0.29, 0.717) is 6.20 Å². The SMILES string of the molecule is Nc1cncc(C(F)(F)F)c1C(=O)O. The fraction of sp³-hybridized carbons (Fsp3) is 0.143. The normalized spacial score (nSPS) is 11.4. The molecule has 3 N–H and O–H groups in total. The third-order valence-corrected chi connectivity index (χ3v) is 1.49. The first-order chi connectivity index (χ1) is 6.34. The molecule has 0 aliphatic heterocycles. The van der Waals surface area contributed by atoms with Crippen molar-refractivity contribution in [3.05, 3.63) is 23.5 Å². The van der Waals surface area contributed by atoms with E-state index in [1.807, 2.05) is 0 Å². The van der Waals surface area contributed by atoms with Crippen molar-refractivity contribution in [2.45, 2.75) is 6.18 Å². The zero-order chi connectivity index (χ0) is 10.9. The summed E-state index contributed by atoms with van der Waals surface area (Å²) in [4.78, 5) is 13.7. The summed E-state index contributed by atoms with van der Waals surface area (Å²) in [6.07, 6.45) is -3.48. The lowest BCUT2D eigenvalue weighted by atomic mass is 10.1. The number of rotatable bonds is 1. The summed E-state index contributed by atoms with van der Waals surface area (Å²) in [5, 5.41) is 8.50. The third kappa shape index (κ3) is 1.76. The van der Waals surface area contributed by atoms with E-state index in [9.17, 15) is 18.0 Å². The molecule has 0 saturated heterocycles. The lowest BCUT2D eigenvalue weighted by Crippen LogP contribution is -2.15. The van der Waals surface area contributed by atoms with E-state index in [-0.39, 0.29) is 0 Å². The van der Waals surface area contributed by atoms with Gasteiger partial charge >= 0.3 is 12.1 Å². The first-order valence-corrected chi connectivity index (χ1v) is 3.38. The Balaban J connectivity index is 3.44. The molecule has 0 fully saturated rings. The van der Waals surface area contributed by atoms with Crippen LogP contribution in [-0.2, 0) is 6.18 Å². The van der Waals surface area contributed by atoms with Gasteiger partial charge in [0.25, 0.3) is 0 Å². The van der Waals surface area contributed by atoms with Crippen molar-refractivity contribution in [3.8, 4) is 0 Å². The zero-order valence-electron chi connectivity index (χ0n) is 6.67. The van der Waals surface area contributed by atoms with Crippen molar-refractivity contribution >= 4 is 11.7 Å². The van der Waals surface area contributed by atoms with Gasteiger partial charge in [-0.25, -0.2) is 4.79 Å². The number of nitrogens with two attached hydrogens (primary N) is 1. The highest BCUT2D eigenvalue weighted by Gasteiger charge is 2.36. The second kappa shape index (κ2) is 3.17. The number of aromatic carboxylic acids is 1. The number of carboxylic acids is 1. The number of hydrogen-bond donors (Lipinski definition) is 2. The van der Waals surface area contributed by atoms with Gasteiger partial charge in [-0.2, -0.15) is 13.2 Å². The van der Waals surface area contributed by atoms with E-state index in [1.54, 1.807) is 0 Å². The fourth-order valence-corrected chi connectivity index (χ4v) is 0.930. The smallest absolute Gasteiger partial charge is 0.418 e. The summed E-state index contributed by atoms with van der Waals surface area (Å²) in [7, 11) is 0. The molecule has 0 saturated carbocycles. The molecular formula is C7H5F3N2O2. The molecule has 0 spiro atoms. The lowest BCUT2D eigenvalue weighted by Gasteiger charge is -2.10. The predicted molar refractivity (Wildman–Crippen MR) is 40.6 cm³/mol. The van der Waals surface area contributed by atoms with Gasteiger partial charge in [0.1, 0.15) is 0 Å². The maximum atomic E-state index is 12.2. The molecule has 1 aromatic rings. The Morgan fingerprint density at radius 3 is 2.36 bits per heavy atom. The number of aromatic nitrogens is 1. The van der Waals surface area contributed by atoms with Crippen LogP contribution in [0.25, 0.3) is 0 Å². The molecule has 0 radical (unpaired) electrons. The molecule has 0 amide bonds. The minimum absolute atomic E-state index is 0.430. The lowest BCUT2D eigenvalue weighted by molar-refractivity contribution is -0.138. The van der Waals surface area contributed by atoms with Gasteiger partial charge in [0.15, 0.2) is 0 Å². The van der Waals surface area contributed by atoms with Crippen LogP contribution in [0.15, 0.2) is 12.4 Å². The highest BCUT2D eigenvalue weighted by Crippen LogP contribution is 2.33. The number of carbonyl (C=O) groups is 1. The minimum atomic E-state index is -4.77. The molecule has 0 bridgehead atoms. The molecule has 0 unspecified atom stereocenters. The highest BCUT2D eigenvalue weighted by atomic mass is 19.4. The van der Waals surface area contributed by atoms with Crippen molar-refractivity contribution in [2.75, 3.05) is 5.73 Å². The van der Waals surface area contributed by atoms with Crippen molar-refractivity contribution in [1.29, 1.82) is 0 Å². The average molecular weight is 206 g/mol. The van der Waals surface area contributed by atoms with Crippen LogP contribution in [0.3, 0.4) is 0 Å². The fourth-order valence-electron chi connectivity index (χ4n) is 0.930. The van der Waals surface area contributed by atoms with Gasteiger partial charge in [0.2, 0.25) is 0 Å². The Morgan fingerprint density at radius 1 is 1.43 bits per heavy atom. The Bertz CT molecular complexity index is 376. The van der Waals surface area contributed by atoms with E-state index < -0.39 is 29.0 Å². The maximum absolute atomic E-state index is 12.2. The number of anilines is 1. The second-order valence-electron chi connectivity index (χ2n) is 2.45. The summed E-state index contributed by atoms with van der Waals surface area (Å²) in [6.45, 7) is 0. The van der Waals surface area contributed by atoms with E-state index in [1.165, 1.54) is 0 Å². The molecule has 0 aliphatic rings. The van der Waals surface area contributed by atoms with Crippen molar-refractivity contribution in [3.63, 3.8) is 0 Å². The van der Waals surface area contributed by atoms with Crippen molar-refractivity contribution in [2.24, 2.45) is 0 Å².